The fourth-order valence-electron chi connectivity index (χ4n) is 4.31. The van der Waals surface area contributed by atoms with E-state index in [2.05, 4.69) is 0 Å². The molecule has 0 aromatic heterocycles. The highest BCUT2D eigenvalue weighted by molar-refractivity contribution is 6.04. The maximum absolute atomic E-state index is 13.6. The normalized spacial score (nSPS) is 17.8. The second-order valence-corrected chi connectivity index (χ2v) is 8.98. The molecule has 0 bridgehead atoms. The van der Waals surface area contributed by atoms with Gasteiger partial charge in [-0.25, -0.2) is 9.59 Å². The molecule has 0 saturated carbocycles. The average Bonchev–Trinajstić information content (AvgIpc) is 2.91. The van der Waals surface area contributed by atoms with E-state index in [0.717, 1.165) is 13.2 Å². The smallest absolute Gasteiger partial charge is 0.416 e. The fraction of sp³-hybridized carbons (Fsp3) is 0.429. The van der Waals surface area contributed by atoms with Crippen LogP contribution in [0.5, 0.6) is 11.5 Å². The lowest BCUT2D eigenvalue weighted by atomic mass is 9.79. The molecule has 0 saturated heterocycles. The number of benzene rings is 1. The minimum Gasteiger partial charge on any atom is -0.493 e. The monoisotopic (exact) mass is 607 g/mol. The third-order valence-corrected chi connectivity index (χ3v) is 6.25. The number of halogens is 6. The molecule has 2 atom stereocenters. The summed E-state index contributed by atoms with van der Waals surface area (Å²) >= 11 is 0. The lowest BCUT2D eigenvalue weighted by molar-refractivity contribution is -0.156. The Morgan fingerprint density at radius 1 is 1.05 bits per heavy atom. The number of carbonyl (C=O) groups is 2. The molecule has 1 amide bonds. The number of carbonyl (C=O) groups excluding carboxylic acids is 2. The van der Waals surface area contributed by atoms with Crippen molar-refractivity contribution in [1.82, 2.24) is 0 Å². The number of fused-ring (bicyclic) bond motifs is 1. The Balaban J connectivity index is 2.82. The van der Waals surface area contributed by atoms with Crippen LogP contribution in [-0.2, 0) is 14.3 Å². The second-order valence-electron chi connectivity index (χ2n) is 8.98. The summed E-state index contributed by atoms with van der Waals surface area (Å²) in [5.41, 5.74) is -4.69. The maximum atomic E-state index is 13.6. The van der Waals surface area contributed by atoms with E-state index < -0.39 is 54.1 Å². The Hall–Kier alpha value is -3.94. The molecule has 1 heterocycles. The Morgan fingerprint density at radius 3 is 2.12 bits per heavy atom. The van der Waals surface area contributed by atoms with E-state index in [9.17, 15) is 41.0 Å². The van der Waals surface area contributed by atoms with E-state index in [1.807, 2.05) is 0 Å². The van der Waals surface area contributed by atoms with E-state index >= 15 is 0 Å². The number of alkyl halides is 6. The van der Waals surface area contributed by atoms with Gasteiger partial charge in [0.1, 0.15) is 0 Å². The second kappa shape index (κ2) is 13.4. The number of methoxy groups -OCH3 is 3. The number of nitrogens with zero attached hydrogens (tertiary/aromatic N) is 1. The van der Waals surface area contributed by atoms with E-state index in [-0.39, 0.29) is 46.6 Å². The number of anilines is 1. The van der Waals surface area contributed by atoms with Gasteiger partial charge in [0, 0.05) is 29.7 Å². The molecule has 0 fully saturated rings. The van der Waals surface area contributed by atoms with Gasteiger partial charge in [-0.2, -0.15) is 26.3 Å². The van der Waals surface area contributed by atoms with Crippen molar-refractivity contribution in [2.75, 3.05) is 32.8 Å². The van der Waals surface area contributed by atoms with Crippen LogP contribution in [0, 0.1) is 0 Å². The van der Waals surface area contributed by atoms with Crippen molar-refractivity contribution in [2.45, 2.75) is 51.2 Å². The van der Waals surface area contributed by atoms with E-state index in [4.69, 9.17) is 18.9 Å². The van der Waals surface area contributed by atoms with Gasteiger partial charge >= 0.3 is 24.4 Å². The predicted molar refractivity (Wildman–Crippen MR) is 141 cm³/mol. The lowest BCUT2D eigenvalue weighted by Crippen LogP contribution is -2.46. The number of allylic oxidation sites excluding steroid dienone is 5. The van der Waals surface area contributed by atoms with Crippen molar-refractivity contribution < 1.29 is 60.0 Å². The molecule has 2 unspecified atom stereocenters. The number of esters is 1. The average molecular weight is 608 g/mol. The number of hydrogen-bond donors (Lipinski definition) is 1. The van der Waals surface area contributed by atoms with Gasteiger partial charge in [0.15, 0.2) is 17.1 Å². The molecule has 1 aliphatic rings. The van der Waals surface area contributed by atoms with Gasteiger partial charge < -0.3 is 24.1 Å². The van der Waals surface area contributed by atoms with Crippen molar-refractivity contribution in [3.63, 3.8) is 0 Å². The first-order chi connectivity index (χ1) is 19.5. The van der Waals surface area contributed by atoms with Gasteiger partial charge in [0.2, 0.25) is 0 Å². The molecule has 0 spiro atoms. The van der Waals surface area contributed by atoms with Crippen LogP contribution in [0.3, 0.4) is 0 Å². The Labute approximate surface area is 238 Å². The van der Waals surface area contributed by atoms with Crippen LogP contribution in [0.4, 0.5) is 36.8 Å². The van der Waals surface area contributed by atoms with Gasteiger partial charge in [-0.1, -0.05) is 12.2 Å². The predicted octanol–water partition coefficient (Wildman–Crippen LogP) is 6.30. The molecule has 1 N–H and O–H groups in total. The zero-order valence-electron chi connectivity index (χ0n) is 23.6. The van der Waals surface area contributed by atoms with Crippen molar-refractivity contribution in [3.8, 4) is 11.5 Å². The summed E-state index contributed by atoms with van der Waals surface area (Å²) in [6, 6.07) is 1.88. The van der Waals surface area contributed by atoms with Gasteiger partial charge in [-0.05, 0) is 44.6 Å². The van der Waals surface area contributed by atoms with Crippen LogP contribution in [0.1, 0.15) is 32.8 Å². The summed E-state index contributed by atoms with van der Waals surface area (Å²) in [6.07, 6.45) is -9.74. The van der Waals surface area contributed by atoms with Crippen LogP contribution < -0.4 is 14.4 Å². The SMILES string of the molecule is C\C=C(/C=C(\C=C\C(F)(F)F)C(F)(F)F)CC(O)(C(=O)OC)C1=CC(C)N(C(=O)OCC)c2cc(OC)c(OC)cc21. The first kappa shape index (κ1) is 34.3. The highest BCUT2D eigenvalue weighted by atomic mass is 19.4. The quantitative estimate of drug-likeness (QED) is 0.200. The van der Waals surface area contributed by atoms with Crippen LogP contribution in [-0.4, -0.2) is 69.1 Å². The Morgan fingerprint density at radius 2 is 1.64 bits per heavy atom. The molecule has 0 aliphatic carbocycles. The zero-order chi connectivity index (χ0) is 32.0. The van der Waals surface area contributed by atoms with Crippen molar-refractivity contribution >= 4 is 23.3 Å². The Bertz CT molecular complexity index is 1300. The van der Waals surface area contributed by atoms with Crippen molar-refractivity contribution in [3.05, 3.63) is 59.2 Å². The first-order valence-corrected chi connectivity index (χ1v) is 12.4. The molecule has 42 heavy (non-hydrogen) atoms. The van der Waals surface area contributed by atoms with Gasteiger partial charge in [0.25, 0.3) is 0 Å². The third kappa shape index (κ3) is 7.66. The number of hydrogen-bond acceptors (Lipinski definition) is 7. The topological polar surface area (TPSA) is 94.5 Å². The molecule has 14 heteroatoms. The Kier molecular flexibility index (Phi) is 10.9. The van der Waals surface area contributed by atoms with Gasteiger partial charge in [-0.15, -0.1) is 0 Å². The first-order valence-electron chi connectivity index (χ1n) is 12.4. The van der Waals surface area contributed by atoms with E-state index in [1.54, 1.807) is 6.92 Å². The largest absolute Gasteiger partial charge is 0.493 e. The summed E-state index contributed by atoms with van der Waals surface area (Å²) in [7, 11) is 3.59. The number of amides is 1. The van der Waals surface area contributed by atoms with Crippen molar-refractivity contribution in [1.29, 1.82) is 0 Å². The third-order valence-electron chi connectivity index (χ3n) is 6.25. The maximum Gasteiger partial charge on any atom is 0.416 e. The molecular formula is C28H31F6NO7. The van der Waals surface area contributed by atoms with E-state index in [1.165, 1.54) is 51.2 Å². The number of rotatable bonds is 9. The fourth-order valence-corrected chi connectivity index (χ4v) is 4.31. The van der Waals surface area contributed by atoms with Crippen LogP contribution >= 0.6 is 0 Å². The summed E-state index contributed by atoms with van der Waals surface area (Å²) < 4.78 is 99.5. The molecular weight excluding hydrogens is 576 g/mol. The summed E-state index contributed by atoms with van der Waals surface area (Å²) in [6.45, 7) is 4.43. The summed E-state index contributed by atoms with van der Waals surface area (Å²) in [5, 5.41) is 11.9. The molecule has 1 aliphatic heterocycles. The minimum atomic E-state index is -5.20. The summed E-state index contributed by atoms with van der Waals surface area (Å²) in [4.78, 5) is 27.2. The molecule has 1 aromatic rings. The standard InChI is InChI=1S/C28H31F6NO7/c1-7-17(12-18(28(32,33)34)9-10-27(29,30)31)15-26(38,24(36)41-6)20-11-16(3)35(25(37)42-8-2)21-14-23(40-5)22(39-4)13-19(20)21/h7,9-14,16,38H,8,15H2,1-6H3/b10-9+,17-7+,18-12+. The highest BCUT2D eigenvalue weighted by Gasteiger charge is 2.47. The van der Waals surface area contributed by atoms with Gasteiger partial charge in [-0.3, -0.25) is 4.90 Å². The lowest BCUT2D eigenvalue weighted by Gasteiger charge is -2.38. The van der Waals surface area contributed by atoms with Crippen LogP contribution in [0.25, 0.3) is 5.57 Å². The molecule has 8 nitrogen and oxygen atoms in total. The molecule has 1 aromatic carbocycles. The molecule has 0 radical (unpaired) electrons. The molecule has 232 valence electrons. The highest BCUT2D eigenvalue weighted by Crippen LogP contribution is 2.47. The van der Waals surface area contributed by atoms with Gasteiger partial charge in [0.05, 0.1) is 45.2 Å². The van der Waals surface area contributed by atoms with Crippen LogP contribution in [0.15, 0.2) is 53.7 Å². The number of aliphatic hydroxyl groups is 1. The summed E-state index contributed by atoms with van der Waals surface area (Å²) in [5.74, 6) is -0.988. The van der Waals surface area contributed by atoms with Crippen LogP contribution in [0.2, 0.25) is 0 Å². The zero-order valence-corrected chi connectivity index (χ0v) is 23.6. The number of ether oxygens (including phenoxy) is 4. The minimum absolute atomic E-state index is 0.0225. The molecule has 2 rings (SSSR count). The van der Waals surface area contributed by atoms with E-state index in [0.29, 0.717) is 6.08 Å². The van der Waals surface area contributed by atoms with Crippen molar-refractivity contribution in [2.24, 2.45) is 0 Å².